The Morgan fingerprint density at radius 2 is 1.70 bits per heavy atom. The average Bonchev–Trinajstić information content (AvgIpc) is 2.34. The zero-order valence-corrected chi connectivity index (χ0v) is 12.6. The molecule has 0 saturated heterocycles. The highest BCUT2D eigenvalue weighted by atomic mass is 16.5. The summed E-state index contributed by atoms with van der Waals surface area (Å²) < 4.78 is 6.02. The van der Waals surface area contributed by atoms with Gasteiger partial charge < -0.3 is 9.84 Å². The van der Waals surface area contributed by atoms with Gasteiger partial charge in [0.25, 0.3) is 0 Å². The molecule has 0 saturated carbocycles. The molecule has 2 nitrogen and oxygen atoms in total. The van der Waals surface area contributed by atoms with Crippen molar-refractivity contribution in [2.45, 2.75) is 39.7 Å². The third-order valence-electron chi connectivity index (χ3n) is 3.00. The SMILES string of the molecule is Cc1ccc(OC(C)(C)C)c(Cc2ccccc2O)c1. The molecule has 20 heavy (non-hydrogen) atoms. The highest BCUT2D eigenvalue weighted by Gasteiger charge is 2.15. The summed E-state index contributed by atoms with van der Waals surface area (Å²) in [5.74, 6) is 1.21. The molecular formula is C18H22O2. The maximum absolute atomic E-state index is 9.92. The molecular weight excluding hydrogens is 248 g/mol. The van der Waals surface area contributed by atoms with E-state index < -0.39 is 0 Å². The molecule has 0 aliphatic rings. The molecule has 2 heteroatoms. The van der Waals surface area contributed by atoms with Gasteiger partial charge in [0.2, 0.25) is 0 Å². The lowest BCUT2D eigenvalue weighted by Crippen LogP contribution is -2.23. The Balaban J connectivity index is 2.35. The summed E-state index contributed by atoms with van der Waals surface area (Å²) in [6.45, 7) is 8.18. The van der Waals surface area contributed by atoms with Crippen LogP contribution in [0.4, 0.5) is 0 Å². The van der Waals surface area contributed by atoms with E-state index >= 15 is 0 Å². The van der Waals surface area contributed by atoms with Gasteiger partial charge in [0.15, 0.2) is 0 Å². The molecule has 1 N–H and O–H groups in total. The molecule has 0 bridgehead atoms. The van der Waals surface area contributed by atoms with Crippen LogP contribution in [0.2, 0.25) is 0 Å². The third-order valence-corrected chi connectivity index (χ3v) is 3.00. The van der Waals surface area contributed by atoms with E-state index in [1.165, 1.54) is 5.56 Å². The van der Waals surface area contributed by atoms with E-state index in [2.05, 4.69) is 19.1 Å². The molecule has 0 fully saturated rings. The second-order valence-electron chi connectivity index (χ2n) is 6.13. The topological polar surface area (TPSA) is 29.5 Å². The van der Waals surface area contributed by atoms with E-state index in [0.717, 1.165) is 16.9 Å². The average molecular weight is 270 g/mol. The normalized spacial score (nSPS) is 11.4. The third kappa shape index (κ3) is 3.77. The molecule has 0 unspecified atom stereocenters. The quantitative estimate of drug-likeness (QED) is 0.891. The van der Waals surface area contributed by atoms with Crippen LogP contribution in [0.25, 0.3) is 0 Å². The maximum Gasteiger partial charge on any atom is 0.123 e. The fourth-order valence-corrected chi connectivity index (χ4v) is 2.14. The summed E-state index contributed by atoms with van der Waals surface area (Å²) in [5, 5.41) is 9.92. The van der Waals surface area contributed by atoms with Crippen LogP contribution in [0.1, 0.15) is 37.5 Å². The first-order chi connectivity index (χ1) is 9.35. The Morgan fingerprint density at radius 3 is 2.35 bits per heavy atom. The van der Waals surface area contributed by atoms with Crippen molar-refractivity contribution in [3.8, 4) is 11.5 Å². The summed E-state index contributed by atoms with van der Waals surface area (Å²) in [6, 6.07) is 13.6. The largest absolute Gasteiger partial charge is 0.508 e. The van der Waals surface area contributed by atoms with Gasteiger partial charge in [-0.15, -0.1) is 0 Å². The van der Waals surface area contributed by atoms with Crippen molar-refractivity contribution in [2.24, 2.45) is 0 Å². The van der Waals surface area contributed by atoms with Crippen LogP contribution in [0, 0.1) is 6.92 Å². The maximum atomic E-state index is 9.92. The standard InChI is InChI=1S/C18H22O2/c1-13-9-10-17(20-18(2,3)4)15(11-13)12-14-7-5-6-8-16(14)19/h5-11,19H,12H2,1-4H3. The van der Waals surface area contributed by atoms with Crippen LogP contribution in [0.5, 0.6) is 11.5 Å². The molecule has 2 aromatic carbocycles. The summed E-state index contributed by atoms with van der Waals surface area (Å²) in [5.41, 5.74) is 2.97. The van der Waals surface area contributed by atoms with Gasteiger partial charge in [-0.05, 0) is 51.0 Å². The molecule has 0 atom stereocenters. The van der Waals surface area contributed by atoms with Gasteiger partial charge >= 0.3 is 0 Å². The molecule has 2 aromatic rings. The second kappa shape index (κ2) is 5.58. The Hall–Kier alpha value is -1.96. The molecule has 0 radical (unpaired) electrons. The second-order valence-corrected chi connectivity index (χ2v) is 6.13. The number of phenols is 1. The predicted molar refractivity (Wildman–Crippen MR) is 82.5 cm³/mol. The minimum atomic E-state index is -0.233. The zero-order valence-electron chi connectivity index (χ0n) is 12.6. The molecule has 106 valence electrons. The van der Waals surface area contributed by atoms with E-state index in [0.29, 0.717) is 12.2 Å². The van der Waals surface area contributed by atoms with E-state index in [1.807, 2.05) is 45.0 Å². The first-order valence-corrected chi connectivity index (χ1v) is 6.90. The fraction of sp³-hybridized carbons (Fsp3) is 0.333. The van der Waals surface area contributed by atoms with E-state index in [1.54, 1.807) is 6.07 Å². The van der Waals surface area contributed by atoms with Gasteiger partial charge in [0.05, 0.1) is 0 Å². The van der Waals surface area contributed by atoms with Crippen molar-refractivity contribution < 1.29 is 9.84 Å². The Labute approximate surface area is 121 Å². The number of benzene rings is 2. The minimum Gasteiger partial charge on any atom is -0.508 e. The predicted octanol–water partition coefficient (Wildman–Crippen LogP) is 4.47. The lowest BCUT2D eigenvalue weighted by atomic mass is 10.0. The van der Waals surface area contributed by atoms with E-state index in [4.69, 9.17) is 4.74 Å². The van der Waals surface area contributed by atoms with Crippen LogP contribution >= 0.6 is 0 Å². The number of rotatable bonds is 3. The Bertz CT molecular complexity index is 595. The first-order valence-electron chi connectivity index (χ1n) is 6.90. The molecule has 0 aliphatic heterocycles. The molecule has 0 spiro atoms. The number of hydrogen-bond acceptors (Lipinski definition) is 2. The number of hydrogen-bond donors (Lipinski definition) is 1. The molecule has 0 amide bonds. The van der Waals surface area contributed by atoms with Crippen molar-refractivity contribution in [1.82, 2.24) is 0 Å². The van der Waals surface area contributed by atoms with E-state index in [-0.39, 0.29) is 5.60 Å². The van der Waals surface area contributed by atoms with Gasteiger partial charge in [-0.25, -0.2) is 0 Å². The number of ether oxygens (including phenoxy) is 1. The Kier molecular flexibility index (Phi) is 4.03. The first kappa shape index (κ1) is 14.4. The van der Waals surface area contributed by atoms with Crippen LogP contribution in [0.3, 0.4) is 0 Å². The van der Waals surface area contributed by atoms with Crippen molar-refractivity contribution in [2.75, 3.05) is 0 Å². The summed E-state index contributed by atoms with van der Waals surface area (Å²) in [7, 11) is 0. The number of para-hydroxylation sites is 1. The smallest absolute Gasteiger partial charge is 0.123 e. The van der Waals surface area contributed by atoms with Crippen LogP contribution < -0.4 is 4.74 Å². The fourth-order valence-electron chi connectivity index (χ4n) is 2.14. The summed E-state index contributed by atoms with van der Waals surface area (Å²) >= 11 is 0. The summed E-state index contributed by atoms with van der Waals surface area (Å²) in [4.78, 5) is 0. The lowest BCUT2D eigenvalue weighted by molar-refractivity contribution is 0.129. The number of phenolic OH excluding ortho intramolecular Hbond substituents is 1. The van der Waals surface area contributed by atoms with Gasteiger partial charge in [-0.1, -0.05) is 35.9 Å². The highest BCUT2D eigenvalue weighted by molar-refractivity contribution is 5.43. The number of aromatic hydroxyl groups is 1. The van der Waals surface area contributed by atoms with Crippen LogP contribution in [-0.2, 0) is 6.42 Å². The van der Waals surface area contributed by atoms with Crippen LogP contribution in [0.15, 0.2) is 42.5 Å². The van der Waals surface area contributed by atoms with Gasteiger partial charge in [0, 0.05) is 6.42 Å². The zero-order chi connectivity index (χ0) is 14.8. The monoisotopic (exact) mass is 270 g/mol. The van der Waals surface area contributed by atoms with Crippen LogP contribution in [-0.4, -0.2) is 10.7 Å². The van der Waals surface area contributed by atoms with Gasteiger partial charge in [-0.2, -0.15) is 0 Å². The highest BCUT2D eigenvalue weighted by Crippen LogP contribution is 2.29. The molecule has 0 aliphatic carbocycles. The Morgan fingerprint density at radius 1 is 1.00 bits per heavy atom. The molecule has 0 aromatic heterocycles. The van der Waals surface area contributed by atoms with Gasteiger partial charge in [-0.3, -0.25) is 0 Å². The summed E-state index contributed by atoms with van der Waals surface area (Å²) in [6.07, 6.45) is 0.666. The lowest BCUT2D eigenvalue weighted by Gasteiger charge is -2.23. The van der Waals surface area contributed by atoms with Gasteiger partial charge in [0.1, 0.15) is 17.1 Å². The van der Waals surface area contributed by atoms with Crippen molar-refractivity contribution in [3.05, 3.63) is 59.2 Å². The minimum absolute atomic E-state index is 0.233. The van der Waals surface area contributed by atoms with Crippen molar-refractivity contribution in [3.63, 3.8) is 0 Å². The molecule has 0 heterocycles. The van der Waals surface area contributed by atoms with Crippen molar-refractivity contribution in [1.29, 1.82) is 0 Å². The molecule has 2 rings (SSSR count). The number of aryl methyl sites for hydroxylation is 1. The van der Waals surface area contributed by atoms with E-state index in [9.17, 15) is 5.11 Å². The van der Waals surface area contributed by atoms with Crippen molar-refractivity contribution >= 4 is 0 Å².